The Kier molecular flexibility index (Phi) is 13.7. The summed E-state index contributed by atoms with van der Waals surface area (Å²) < 4.78 is 3.60. The molecule has 9 heavy (non-hydrogen) atoms. The van der Waals surface area contributed by atoms with Gasteiger partial charge in [0, 0.05) is 16.9 Å². The highest BCUT2D eigenvalue weighted by Gasteiger charge is 1.78. The van der Waals surface area contributed by atoms with Gasteiger partial charge in [0.05, 0.1) is 0 Å². The second-order valence-corrected chi connectivity index (χ2v) is 2.20. The second kappa shape index (κ2) is 10.7. The van der Waals surface area contributed by atoms with Gasteiger partial charge in [-0.3, -0.25) is 0 Å². The Hall–Kier alpha value is -0.240. The van der Waals surface area contributed by atoms with Crippen molar-refractivity contribution in [3.63, 3.8) is 0 Å². The average Bonchev–Trinajstić information content (AvgIpc) is 1.93. The predicted molar refractivity (Wildman–Crippen MR) is 47.9 cm³/mol. The van der Waals surface area contributed by atoms with E-state index in [2.05, 4.69) is 11.1 Å². The minimum atomic E-state index is 1.19. The second-order valence-electron chi connectivity index (χ2n) is 1.12. The van der Waals surface area contributed by atoms with Gasteiger partial charge in [-0.05, 0) is 20.6 Å². The van der Waals surface area contributed by atoms with Crippen molar-refractivity contribution >= 4 is 18.7 Å². The van der Waals surface area contributed by atoms with Gasteiger partial charge in [0.15, 0.2) is 0 Å². The monoisotopic (exact) mass is 145 g/mol. The van der Waals surface area contributed by atoms with Gasteiger partial charge in [-0.25, -0.2) is 4.40 Å². The summed E-state index contributed by atoms with van der Waals surface area (Å²) in [6.07, 6.45) is 2.00. The van der Waals surface area contributed by atoms with Crippen LogP contribution in [0.4, 0.5) is 0 Å². The van der Waals surface area contributed by atoms with Crippen molar-refractivity contribution in [3.05, 3.63) is 11.0 Å². The predicted octanol–water partition coefficient (Wildman–Crippen LogP) is 3.29. The molecule has 0 fully saturated rings. The molecule has 0 bridgehead atoms. The Bertz CT molecular complexity index is 86.9. The zero-order valence-corrected chi connectivity index (χ0v) is 7.46. The van der Waals surface area contributed by atoms with Crippen LogP contribution in [0.5, 0.6) is 0 Å². The van der Waals surface area contributed by atoms with Crippen LogP contribution in [0.15, 0.2) is 15.4 Å². The molecule has 0 saturated carbocycles. The molecule has 0 radical (unpaired) electrons. The fraction of sp³-hybridized carbons (Fsp3) is 0.571. The van der Waals surface area contributed by atoms with Crippen molar-refractivity contribution in [1.82, 2.24) is 0 Å². The molecule has 54 valence electrons. The lowest BCUT2D eigenvalue weighted by atomic mass is 10.6. The van der Waals surface area contributed by atoms with Crippen molar-refractivity contribution in [2.75, 3.05) is 0 Å². The SMILES string of the molecule is C=NS/C(C)=C\C.CC. The number of hydrogen-bond acceptors (Lipinski definition) is 2. The van der Waals surface area contributed by atoms with Crippen molar-refractivity contribution < 1.29 is 0 Å². The van der Waals surface area contributed by atoms with Gasteiger partial charge >= 0.3 is 0 Å². The molecule has 0 amide bonds. The van der Waals surface area contributed by atoms with E-state index in [0.29, 0.717) is 0 Å². The Labute approximate surface area is 62.4 Å². The summed E-state index contributed by atoms with van der Waals surface area (Å²) >= 11 is 1.41. The summed E-state index contributed by atoms with van der Waals surface area (Å²) in [5, 5.41) is 0. The summed E-state index contributed by atoms with van der Waals surface area (Å²) in [5.74, 6) is 0. The smallest absolute Gasteiger partial charge is 0.00436 e. The van der Waals surface area contributed by atoms with Gasteiger partial charge in [-0.1, -0.05) is 19.9 Å². The zero-order valence-electron chi connectivity index (χ0n) is 6.64. The van der Waals surface area contributed by atoms with E-state index in [9.17, 15) is 0 Å². The fourth-order valence-corrected chi connectivity index (χ4v) is 0.464. The topological polar surface area (TPSA) is 12.4 Å². The molecule has 0 unspecified atom stereocenters. The molecule has 0 N–H and O–H groups in total. The largest absolute Gasteiger partial charge is 0.228 e. The molecular formula is C7H15NS. The maximum absolute atomic E-state index is 3.60. The van der Waals surface area contributed by atoms with Crippen molar-refractivity contribution in [2.24, 2.45) is 4.40 Å². The van der Waals surface area contributed by atoms with Crippen LogP contribution in [-0.4, -0.2) is 6.72 Å². The average molecular weight is 145 g/mol. The van der Waals surface area contributed by atoms with Gasteiger partial charge in [0.2, 0.25) is 0 Å². The third-order valence-corrected chi connectivity index (χ3v) is 1.27. The first-order chi connectivity index (χ1) is 4.31. The van der Waals surface area contributed by atoms with Crippen LogP contribution in [-0.2, 0) is 0 Å². The van der Waals surface area contributed by atoms with E-state index in [1.165, 1.54) is 16.9 Å². The van der Waals surface area contributed by atoms with E-state index >= 15 is 0 Å². The van der Waals surface area contributed by atoms with Gasteiger partial charge in [-0.2, -0.15) is 0 Å². The van der Waals surface area contributed by atoms with Crippen LogP contribution in [0.3, 0.4) is 0 Å². The maximum Gasteiger partial charge on any atom is 0.00436 e. The van der Waals surface area contributed by atoms with Gasteiger partial charge in [0.1, 0.15) is 0 Å². The molecule has 0 aliphatic heterocycles. The highest BCUT2D eigenvalue weighted by atomic mass is 32.2. The minimum Gasteiger partial charge on any atom is -0.228 e. The molecule has 0 aliphatic rings. The lowest BCUT2D eigenvalue weighted by Crippen LogP contribution is -1.56. The van der Waals surface area contributed by atoms with Crippen molar-refractivity contribution in [2.45, 2.75) is 27.7 Å². The number of hydrogen-bond donors (Lipinski definition) is 0. The molecule has 0 aromatic heterocycles. The van der Waals surface area contributed by atoms with Crippen LogP contribution in [0.25, 0.3) is 0 Å². The molecule has 0 heterocycles. The fourth-order valence-electron chi connectivity index (χ4n) is 0.155. The third kappa shape index (κ3) is 11.4. The van der Waals surface area contributed by atoms with Crippen LogP contribution >= 0.6 is 11.9 Å². The van der Waals surface area contributed by atoms with Crippen LogP contribution in [0.2, 0.25) is 0 Å². The van der Waals surface area contributed by atoms with Gasteiger partial charge in [-0.15, -0.1) is 0 Å². The van der Waals surface area contributed by atoms with E-state index in [4.69, 9.17) is 0 Å². The Morgan fingerprint density at radius 2 is 2.00 bits per heavy atom. The summed E-state index contributed by atoms with van der Waals surface area (Å²) in [7, 11) is 0. The third-order valence-electron chi connectivity index (χ3n) is 0.615. The van der Waals surface area contributed by atoms with Gasteiger partial charge in [0.25, 0.3) is 0 Å². The first-order valence-corrected chi connectivity index (χ1v) is 3.84. The number of nitrogens with zero attached hydrogens (tertiary/aromatic N) is 1. The molecule has 1 nitrogen and oxygen atoms in total. The Balaban J connectivity index is 0. The molecule has 0 spiro atoms. The molecule has 0 rings (SSSR count). The molecule has 2 heteroatoms. The normalized spacial score (nSPS) is 9.56. The molecule has 0 atom stereocenters. The molecule has 0 aromatic rings. The lowest BCUT2D eigenvalue weighted by molar-refractivity contribution is 1.50. The highest BCUT2D eigenvalue weighted by Crippen LogP contribution is 2.12. The zero-order chi connectivity index (χ0) is 7.70. The summed E-state index contributed by atoms with van der Waals surface area (Å²) in [6, 6.07) is 0. The van der Waals surface area contributed by atoms with Crippen molar-refractivity contribution in [1.29, 1.82) is 0 Å². The Morgan fingerprint density at radius 3 is 2.11 bits per heavy atom. The maximum atomic E-state index is 3.60. The highest BCUT2D eigenvalue weighted by molar-refractivity contribution is 8.01. The Morgan fingerprint density at radius 1 is 1.56 bits per heavy atom. The van der Waals surface area contributed by atoms with Gasteiger partial charge < -0.3 is 0 Å². The lowest BCUT2D eigenvalue weighted by Gasteiger charge is -1.85. The minimum absolute atomic E-state index is 1.19. The van der Waals surface area contributed by atoms with E-state index in [0.717, 1.165) is 0 Å². The van der Waals surface area contributed by atoms with Crippen molar-refractivity contribution in [3.8, 4) is 0 Å². The van der Waals surface area contributed by atoms with E-state index < -0.39 is 0 Å². The summed E-state index contributed by atoms with van der Waals surface area (Å²) in [4.78, 5) is 1.19. The van der Waals surface area contributed by atoms with Crippen LogP contribution < -0.4 is 0 Å². The van der Waals surface area contributed by atoms with Crippen LogP contribution in [0, 0.1) is 0 Å². The van der Waals surface area contributed by atoms with E-state index in [1.807, 2.05) is 33.8 Å². The van der Waals surface area contributed by atoms with Crippen LogP contribution in [0.1, 0.15) is 27.7 Å². The standard InChI is InChI=1S/C5H9NS.C2H6/c1-4-5(2)7-6-3;1-2/h4H,3H2,1-2H3;1-2H3/b5-4-;. The first-order valence-electron chi connectivity index (χ1n) is 3.07. The number of allylic oxidation sites excluding steroid dienone is 2. The quantitative estimate of drug-likeness (QED) is 0.429. The molecule has 0 saturated heterocycles. The molecule has 0 aliphatic carbocycles. The van der Waals surface area contributed by atoms with E-state index in [-0.39, 0.29) is 0 Å². The molecule has 0 aromatic carbocycles. The van der Waals surface area contributed by atoms with E-state index in [1.54, 1.807) is 0 Å². The summed E-state index contributed by atoms with van der Waals surface area (Å²) in [5.41, 5.74) is 0. The first kappa shape index (κ1) is 11.5. The number of rotatable bonds is 2. The summed E-state index contributed by atoms with van der Waals surface area (Å²) in [6.45, 7) is 11.3. The molecular weight excluding hydrogens is 130 g/mol.